The normalized spacial score (nSPS) is 17.1. The van der Waals surface area contributed by atoms with Gasteiger partial charge in [-0.3, -0.25) is 0 Å². The smallest absolute Gasteiger partial charge is 0.214 e. The Bertz CT molecular complexity index is 273. The van der Waals surface area contributed by atoms with Crippen LogP contribution < -0.4 is 4.74 Å². The molecule has 0 bridgehead atoms. The molecule has 0 atom stereocenters. The summed E-state index contributed by atoms with van der Waals surface area (Å²) in [6, 6.07) is 5.43. The average Bonchev–Trinajstić information content (AvgIpc) is 1.97. The van der Waals surface area contributed by atoms with Gasteiger partial charge in [-0.05, 0) is 25.3 Å². The molecule has 1 aromatic heterocycles. The van der Waals surface area contributed by atoms with Crippen molar-refractivity contribution in [1.82, 2.24) is 4.98 Å². The molecule has 1 aliphatic carbocycles. The lowest BCUT2D eigenvalue weighted by molar-refractivity contribution is 0.114. The minimum atomic E-state index is 0.371. The van der Waals surface area contributed by atoms with Gasteiger partial charge in [0.2, 0.25) is 5.88 Å². The van der Waals surface area contributed by atoms with E-state index in [1.807, 2.05) is 12.1 Å². The molecule has 0 radical (unpaired) electrons. The molecule has 0 amide bonds. The standard InChI is InChI=1S/C9H10ClNO/c10-8-5-2-6-9(11-8)12-7-3-1-4-7/h2,5-7H,1,3-4H2. The highest BCUT2D eigenvalue weighted by Gasteiger charge is 2.19. The molecule has 1 aromatic rings. The van der Waals surface area contributed by atoms with Gasteiger partial charge in [0.15, 0.2) is 0 Å². The van der Waals surface area contributed by atoms with Gasteiger partial charge in [0.05, 0.1) is 0 Å². The summed E-state index contributed by atoms with van der Waals surface area (Å²) in [7, 11) is 0. The first-order valence-corrected chi connectivity index (χ1v) is 4.51. The van der Waals surface area contributed by atoms with Gasteiger partial charge >= 0.3 is 0 Å². The quantitative estimate of drug-likeness (QED) is 0.658. The molecule has 1 heterocycles. The minimum absolute atomic E-state index is 0.371. The topological polar surface area (TPSA) is 22.1 Å². The number of pyridine rings is 1. The molecule has 0 unspecified atom stereocenters. The third kappa shape index (κ3) is 1.69. The van der Waals surface area contributed by atoms with Crippen LogP contribution in [0.25, 0.3) is 0 Å². The van der Waals surface area contributed by atoms with Gasteiger partial charge in [0.1, 0.15) is 11.3 Å². The van der Waals surface area contributed by atoms with Crippen LogP contribution in [0.15, 0.2) is 18.2 Å². The summed E-state index contributed by atoms with van der Waals surface area (Å²) >= 11 is 5.70. The van der Waals surface area contributed by atoms with Crippen LogP contribution in [0.4, 0.5) is 0 Å². The zero-order valence-electron chi connectivity index (χ0n) is 6.66. The van der Waals surface area contributed by atoms with E-state index in [4.69, 9.17) is 16.3 Å². The van der Waals surface area contributed by atoms with Gasteiger partial charge in [0, 0.05) is 6.07 Å². The lowest BCUT2D eigenvalue weighted by atomic mass is 9.96. The van der Waals surface area contributed by atoms with E-state index >= 15 is 0 Å². The summed E-state index contributed by atoms with van der Waals surface area (Å²) in [5.74, 6) is 0.646. The van der Waals surface area contributed by atoms with Crippen LogP contribution in [-0.4, -0.2) is 11.1 Å². The Labute approximate surface area is 76.5 Å². The second kappa shape index (κ2) is 3.31. The summed E-state index contributed by atoms with van der Waals surface area (Å²) in [4.78, 5) is 4.04. The van der Waals surface area contributed by atoms with E-state index in [0.717, 1.165) is 12.8 Å². The molecule has 1 saturated carbocycles. The van der Waals surface area contributed by atoms with Crippen LogP contribution in [0.3, 0.4) is 0 Å². The number of ether oxygens (including phenoxy) is 1. The largest absolute Gasteiger partial charge is 0.474 e. The lowest BCUT2D eigenvalue weighted by Crippen LogP contribution is -2.24. The maximum atomic E-state index is 5.70. The minimum Gasteiger partial charge on any atom is -0.474 e. The fourth-order valence-electron chi connectivity index (χ4n) is 1.11. The Morgan fingerprint density at radius 2 is 2.25 bits per heavy atom. The number of aromatic nitrogens is 1. The summed E-state index contributed by atoms with van der Waals surface area (Å²) in [5.41, 5.74) is 0. The molecule has 0 N–H and O–H groups in total. The van der Waals surface area contributed by atoms with E-state index in [2.05, 4.69) is 4.98 Å². The molecular weight excluding hydrogens is 174 g/mol. The van der Waals surface area contributed by atoms with E-state index < -0.39 is 0 Å². The highest BCUT2D eigenvalue weighted by molar-refractivity contribution is 6.29. The second-order valence-corrected chi connectivity index (χ2v) is 3.36. The van der Waals surface area contributed by atoms with Crippen LogP contribution in [0.1, 0.15) is 19.3 Å². The molecule has 64 valence electrons. The van der Waals surface area contributed by atoms with Gasteiger partial charge in [-0.25, -0.2) is 4.98 Å². The first kappa shape index (κ1) is 7.87. The van der Waals surface area contributed by atoms with Crippen molar-refractivity contribution < 1.29 is 4.74 Å². The Kier molecular flexibility index (Phi) is 2.17. The summed E-state index contributed by atoms with van der Waals surface area (Å²) < 4.78 is 5.54. The van der Waals surface area contributed by atoms with Crippen LogP contribution in [-0.2, 0) is 0 Å². The van der Waals surface area contributed by atoms with Crippen LogP contribution >= 0.6 is 11.6 Å². The van der Waals surface area contributed by atoms with E-state index in [-0.39, 0.29) is 0 Å². The first-order chi connectivity index (χ1) is 5.84. The van der Waals surface area contributed by atoms with Crippen LogP contribution in [0, 0.1) is 0 Å². The second-order valence-electron chi connectivity index (χ2n) is 2.97. The van der Waals surface area contributed by atoms with Crippen LogP contribution in [0.5, 0.6) is 5.88 Å². The van der Waals surface area contributed by atoms with Crippen molar-refractivity contribution in [2.45, 2.75) is 25.4 Å². The summed E-state index contributed by atoms with van der Waals surface area (Å²) in [6.07, 6.45) is 3.93. The average molecular weight is 184 g/mol. The van der Waals surface area contributed by atoms with E-state index in [1.165, 1.54) is 6.42 Å². The molecule has 2 rings (SSSR count). The Morgan fingerprint density at radius 1 is 1.42 bits per heavy atom. The van der Waals surface area contributed by atoms with E-state index in [9.17, 15) is 0 Å². The van der Waals surface area contributed by atoms with Crippen molar-refractivity contribution in [3.05, 3.63) is 23.4 Å². The van der Waals surface area contributed by atoms with Gasteiger partial charge in [0.25, 0.3) is 0 Å². The molecule has 1 fully saturated rings. The van der Waals surface area contributed by atoms with Gasteiger partial charge in [-0.15, -0.1) is 0 Å². The zero-order chi connectivity index (χ0) is 8.39. The Morgan fingerprint density at radius 3 is 2.83 bits per heavy atom. The highest BCUT2D eigenvalue weighted by Crippen LogP contribution is 2.24. The highest BCUT2D eigenvalue weighted by atomic mass is 35.5. The predicted molar refractivity (Wildman–Crippen MR) is 47.5 cm³/mol. The van der Waals surface area contributed by atoms with Gasteiger partial charge in [-0.1, -0.05) is 17.7 Å². The molecule has 2 nitrogen and oxygen atoms in total. The van der Waals surface area contributed by atoms with Crippen molar-refractivity contribution in [1.29, 1.82) is 0 Å². The van der Waals surface area contributed by atoms with Crippen molar-refractivity contribution in [3.8, 4) is 5.88 Å². The molecular formula is C9H10ClNO. The summed E-state index contributed by atoms with van der Waals surface area (Å²) in [6.45, 7) is 0. The third-order valence-electron chi connectivity index (χ3n) is 2.03. The third-order valence-corrected chi connectivity index (χ3v) is 2.24. The molecule has 3 heteroatoms. The van der Waals surface area contributed by atoms with Crippen molar-refractivity contribution in [3.63, 3.8) is 0 Å². The molecule has 0 aliphatic heterocycles. The summed E-state index contributed by atoms with van der Waals surface area (Å²) in [5, 5.41) is 0.492. The lowest BCUT2D eigenvalue weighted by Gasteiger charge is -2.25. The number of hydrogen-bond donors (Lipinski definition) is 0. The fraction of sp³-hybridized carbons (Fsp3) is 0.444. The predicted octanol–water partition coefficient (Wildman–Crippen LogP) is 2.67. The maximum absolute atomic E-state index is 5.70. The van der Waals surface area contributed by atoms with E-state index in [1.54, 1.807) is 6.07 Å². The zero-order valence-corrected chi connectivity index (χ0v) is 7.42. The molecule has 12 heavy (non-hydrogen) atoms. The molecule has 0 spiro atoms. The van der Waals surface area contributed by atoms with Crippen molar-refractivity contribution in [2.24, 2.45) is 0 Å². The molecule has 1 aliphatic rings. The molecule has 0 saturated heterocycles. The van der Waals surface area contributed by atoms with Crippen LogP contribution in [0.2, 0.25) is 5.15 Å². The number of halogens is 1. The van der Waals surface area contributed by atoms with Gasteiger partial charge < -0.3 is 4.74 Å². The Hall–Kier alpha value is -0.760. The maximum Gasteiger partial charge on any atom is 0.214 e. The van der Waals surface area contributed by atoms with E-state index in [0.29, 0.717) is 17.1 Å². The first-order valence-electron chi connectivity index (χ1n) is 4.14. The van der Waals surface area contributed by atoms with Gasteiger partial charge in [-0.2, -0.15) is 0 Å². The van der Waals surface area contributed by atoms with Crippen molar-refractivity contribution in [2.75, 3.05) is 0 Å². The monoisotopic (exact) mass is 183 g/mol. The Balaban J connectivity index is 2.02. The number of rotatable bonds is 2. The fourth-order valence-corrected chi connectivity index (χ4v) is 1.27. The molecule has 0 aromatic carbocycles. The number of nitrogens with zero attached hydrogens (tertiary/aromatic N) is 1. The van der Waals surface area contributed by atoms with Crippen molar-refractivity contribution >= 4 is 11.6 Å². The number of hydrogen-bond acceptors (Lipinski definition) is 2. The SMILES string of the molecule is Clc1cccc(OC2CCC2)n1.